The van der Waals surface area contributed by atoms with Crippen LogP contribution in [0.2, 0.25) is 0 Å². The zero-order valence-electron chi connectivity index (χ0n) is 13.6. The van der Waals surface area contributed by atoms with E-state index in [4.69, 9.17) is 0 Å². The molecule has 122 valence electrons. The first kappa shape index (κ1) is 15.3. The lowest BCUT2D eigenvalue weighted by Crippen LogP contribution is -2.02. The van der Waals surface area contributed by atoms with Crippen LogP contribution < -0.4 is 0 Å². The molecule has 0 spiro atoms. The summed E-state index contributed by atoms with van der Waals surface area (Å²) in [5.41, 5.74) is 4.08. The molecular weight excluding hydrogens is 311 g/mol. The van der Waals surface area contributed by atoms with Crippen LogP contribution in [0.5, 0.6) is 0 Å². The lowest BCUT2D eigenvalue weighted by atomic mass is 9.92. The maximum atomic E-state index is 15.5. The number of rotatable bonds is 4. The van der Waals surface area contributed by atoms with Crippen LogP contribution in [-0.2, 0) is 6.54 Å². The SMILES string of the molecule is Fc1c(Cn2ccnc2)ccc(-c2ccccc2)c1-c1ccccc1. The molecule has 0 radical (unpaired) electrons. The van der Waals surface area contributed by atoms with Crippen LogP contribution in [0.25, 0.3) is 22.3 Å². The highest BCUT2D eigenvalue weighted by Crippen LogP contribution is 2.35. The Morgan fingerprint density at radius 1 is 0.800 bits per heavy atom. The third-order valence-corrected chi connectivity index (χ3v) is 4.28. The lowest BCUT2D eigenvalue weighted by Gasteiger charge is -2.15. The van der Waals surface area contributed by atoms with Gasteiger partial charge in [-0.25, -0.2) is 9.37 Å². The predicted octanol–water partition coefficient (Wildman–Crippen LogP) is 5.40. The molecule has 0 aliphatic carbocycles. The van der Waals surface area contributed by atoms with E-state index < -0.39 is 0 Å². The van der Waals surface area contributed by atoms with Crippen molar-refractivity contribution in [2.45, 2.75) is 6.54 Å². The summed E-state index contributed by atoms with van der Waals surface area (Å²) in [5.74, 6) is -0.179. The summed E-state index contributed by atoms with van der Waals surface area (Å²) >= 11 is 0. The zero-order valence-corrected chi connectivity index (χ0v) is 13.6. The van der Waals surface area contributed by atoms with Crippen molar-refractivity contribution in [3.05, 3.63) is 103 Å². The minimum atomic E-state index is -0.179. The largest absolute Gasteiger partial charge is 0.333 e. The Hall–Kier alpha value is -3.20. The molecule has 0 saturated heterocycles. The Labute approximate surface area is 146 Å². The molecule has 0 N–H and O–H groups in total. The van der Waals surface area contributed by atoms with Gasteiger partial charge < -0.3 is 4.57 Å². The van der Waals surface area contributed by atoms with Gasteiger partial charge in [-0.3, -0.25) is 0 Å². The fraction of sp³-hybridized carbons (Fsp3) is 0.0455. The average Bonchev–Trinajstić information content (AvgIpc) is 3.18. The maximum absolute atomic E-state index is 15.5. The summed E-state index contributed by atoms with van der Waals surface area (Å²) in [6, 6.07) is 23.5. The first-order chi connectivity index (χ1) is 12.3. The number of hydrogen-bond donors (Lipinski definition) is 0. The van der Waals surface area contributed by atoms with Crippen molar-refractivity contribution in [3.63, 3.8) is 0 Å². The van der Waals surface area contributed by atoms with Crippen molar-refractivity contribution in [1.29, 1.82) is 0 Å². The third-order valence-electron chi connectivity index (χ3n) is 4.28. The van der Waals surface area contributed by atoms with Gasteiger partial charge in [-0.05, 0) is 16.7 Å². The molecule has 1 heterocycles. The van der Waals surface area contributed by atoms with Crippen LogP contribution in [-0.4, -0.2) is 9.55 Å². The maximum Gasteiger partial charge on any atom is 0.136 e. The molecule has 0 amide bonds. The number of benzene rings is 3. The van der Waals surface area contributed by atoms with E-state index in [2.05, 4.69) is 4.98 Å². The van der Waals surface area contributed by atoms with Crippen molar-refractivity contribution in [1.82, 2.24) is 9.55 Å². The van der Waals surface area contributed by atoms with Crippen molar-refractivity contribution >= 4 is 0 Å². The van der Waals surface area contributed by atoms with Gasteiger partial charge >= 0.3 is 0 Å². The highest BCUT2D eigenvalue weighted by Gasteiger charge is 2.16. The van der Waals surface area contributed by atoms with Crippen molar-refractivity contribution in [3.8, 4) is 22.3 Å². The molecule has 3 heteroatoms. The Morgan fingerprint density at radius 2 is 1.48 bits per heavy atom. The monoisotopic (exact) mass is 328 g/mol. The summed E-state index contributed by atoms with van der Waals surface area (Å²) in [4.78, 5) is 4.03. The van der Waals surface area contributed by atoms with E-state index in [0.29, 0.717) is 17.7 Å². The second kappa shape index (κ2) is 6.73. The van der Waals surface area contributed by atoms with E-state index >= 15 is 4.39 Å². The first-order valence-electron chi connectivity index (χ1n) is 8.21. The van der Waals surface area contributed by atoms with Crippen molar-refractivity contribution in [2.24, 2.45) is 0 Å². The van der Waals surface area contributed by atoms with E-state index in [1.54, 1.807) is 12.5 Å². The van der Waals surface area contributed by atoms with E-state index in [1.807, 2.05) is 83.6 Å². The minimum absolute atomic E-state index is 0.179. The molecule has 1 aromatic heterocycles. The van der Waals surface area contributed by atoms with Gasteiger partial charge in [0, 0.05) is 23.5 Å². The van der Waals surface area contributed by atoms with Gasteiger partial charge in [0.25, 0.3) is 0 Å². The number of imidazole rings is 1. The van der Waals surface area contributed by atoms with Crippen LogP contribution in [0.15, 0.2) is 91.5 Å². The molecule has 3 aromatic carbocycles. The van der Waals surface area contributed by atoms with Gasteiger partial charge in [0.2, 0.25) is 0 Å². The molecule has 4 aromatic rings. The molecule has 4 rings (SSSR count). The fourth-order valence-corrected chi connectivity index (χ4v) is 3.06. The number of hydrogen-bond acceptors (Lipinski definition) is 1. The quantitative estimate of drug-likeness (QED) is 0.490. The first-order valence-corrected chi connectivity index (χ1v) is 8.21. The van der Waals surface area contributed by atoms with Crippen LogP contribution in [0, 0.1) is 5.82 Å². The van der Waals surface area contributed by atoms with Crippen molar-refractivity contribution in [2.75, 3.05) is 0 Å². The van der Waals surface area contributed by atoms with Gasteiger partial charge in [0.15, 0.2) is 0 Å². The molecule has 0 fully saturated rings. The van der Waals surface area contributed by atoms with E-state index in [1.165, 1.54) is 0 Å². The Balaban J connectivity index is 1.89. The molecule has 0 saturated carbocycles. The van der Waals surface area contributed by atoms with Gasteiger partial charge in [-0.15, -0.1) is 0 Å². The molecule has 0 aliphatic heterocycles. The van der Waals surface area contributed by atoms with Gasteiger partial charge in [0.1, 0.15) is 5.82 Å². The molecule has 0 bridgehead atoms. The highest BCUT2D eigenvalue weighted by molar-refractivity contribution is 5.84. The zero-order chi connectivity index (χ0) is 17.1. The highest BCUT2D eigenvalue weighted by atomic mass is 19.1. The number of aromatic nitrogens is 2. The molecule has 0 atom stereocenters. The van der Waals surface area contributed by atoms with E-state index in [9.17, 15) is 0 Å². The van der Waals surface area contributed by atoms with Gasteiger partial charge in [-0.2, -0.15) is 0 Å². The Morgan fingerprint density at radius 3 is 2.12 bits per heavy atom. The molecular formula is C22H17FN2. The summed E-state index contributed by atoms with van der Waals surface area (Å²) in [6.07, 6.45) is 5.24. The number of nitrogens with zero attached hydrogens (tertiary/aromatic N) is 2. The normalized spacial score (nSPS) is 10.8. The van der Waals surface area contributed by atoms with Crippen LogP contribution in [0.3, 0.4) is 0 Å². The predicted molar refractivity (Wildman–Crippen MR) is 98.6 cm³/mol. The standard InChI is InChI=1S/C22H17FN2/c23-22-19(15-25-14-13-24-16-25)11-12-20(17-7-3-1-4-8-17)21(22)18-9-5-2-6-10-18/h1-14,16H,15H2. The van der Waals surface area contributed by atoms with Crippen LogP contribution >= 0.6 is 0 Å². The van der Waals surface area contributed by atoms with Crippen LogP contribution in [0.4, 0.5) is 4.39 Å². The van der Waals surface area contributed by atoms with Gasteiger partial charge in [-0.1, -0.05) is 72.8 Å². The Kier molecular flexibility index (Phi) is 4.13. The molecule has 2 nitrogen and oxygen atoms in total. The molecule has 25 heavy (non-hydrogen) atoms. The third kappa shape index (κ3) is 3.09. The summed E-state index contributed by atoms with van der Waals surface area (Å²) in [7, 11) is 0. The summed E-state index contributed by atoms with van der Waals surface area (Å²) in [6.45, 7) is 0.459. The summed E-state index contributed by atoms with van der Waals surface area (Å²) < 4.78 is 17.3. The second-order valence-electron chi connectivity index (χ2n) is 5.93. The van der Waals surface area contributed by atoms with Crippen LogP contribution in [0.1, 0.15) is 5.56 Å². The fourth-order valence-electron chi connectivity index (χ4n) is 3.06. The Bertz CT molecular complexity index is 962. The minimum Gasteiger partial charge on any atom is -0.333 e. The summed E-state index contributed by atoms with van der Waals surface area (Å²) in [5, 5.41) is 0. The topological polar surface area (TPSA) is 17.8 Å². The average molecular weight is 328 g/mol. The van der Waals surface area contributed by atoms with E-state index in [0.717, 1.165) is 16.7 Å². The van der Waals surface area contributed by atoms with Gasteiger partial charge in [0.05, 0.1) is 12.9 Å². The number of halogens is 1. The lowest BCUT2D eigenvalue weighted by molar-refractivity contribution is 0.603. The second-order valence-corrected chi connectivity index (χ2v) is 5.93. The molecule has 0 unspecified atom stereocenters. The molecule has 0 aliphatic rings. The smallest absolute Gasteiger partial charge is 0.136 e. The van der Waals surface area contributed by atoms with Crippen molar-refractivity contribution < 1.29 is 4.39 Å². The van der Waals surface area contributed by atoms with E-state index in [-0.39, 0.29) is 5.82 Å².